The van der Waals surface area contributed by atoms with Crippen LogP contribution in [0.3, 0.4) is 0 Å². The van der Waals surface area contributed by atoms with Crippen LogP contribution in [0.1, 0.15) is 17.8 Å². The van der Waals surface area contributed by atoms with Crippen LogP contribution in [0.25, 0.3) is 5.57 Å². The van der Waals surface area contributed by atoms with E-state index in [-0.39, 0.29) is 5.83 Å². The first-order chi connectivity index (χ1) is 9.74. The first-order valence-electron chi connectivity index (χ1n) is 7.00. The van der Waals surface area contributed by atoms with Crippen molar-refractivity contribution in [1.29, 1.82) is 0 Å². The van der Waals surface area contributed by atoms with Crippen molar-refractivity contribution in [3.63, 3.8) is 0 Å². The molecule has 1 aromatic heterocycles. The predicted octanol–water partition coefficient (Wildman–Crippen LogP) is 2.15. The van der Waals surface area contributed by atoms with Gasteiger partial charge in [0, 0.05) is 37.4 Å². The van der Waals surface area contributed by atoms with Gasteiger partial charge < -0.3 is 10.2 Å². The van der Waals surface area contributed by atoms with Crippen molar-refractivity contribution in [2.75, 3.05) is 26.2 Å². The molecule has 2 N–H and O–H groups in total. The van der Waals surface area contributed by atoms with Gasteiger partial charge in [0.15, 0.2) is 0 Å². The molecule has 0 radical (unpaired) electrons. The van der Waals surface area contributed by atoms with E-state index < -0.39 is 0 Å². The third kappa shape index (κ3) is 2.67. The average Bonchev–Trinajstić information content (AvgIpc) is 2.80. The Morgan fingerprint density at radius 2 is 2.05 bits per heavy atom. The van der Waals surface area contributed by atoms with Crippen molar-refractivity contribution in [3.8, 4) is 0 Å². The van der Waals surface area contributed by atoms with Gasteiger partial charge in [0.25, 0.3) is 0 Å². The monoisotopic (exact) mass is 274 g/mol. The van der Waals surface area contributed by atoms with Crippen molar-refractivity contribution in [2.45, 2.75) is 13.3 Å². The molecule has 1 saturated heterocycles. The molecule has 20 heavy (non-hydrogen) atoms. The number of allylic oxidation sites excluding steroid dienone is 5. The van der Waals surface area contributed by atoms with Gasteiger partial charge in [-0.3, -0.25) is 5.10 Å². The van der Waals surface area contributed by atoms with Gasteiger partial charge in [-0.1, -0.05) is 6.08 Å². The van der Waals surface area contributed by atoms with Crippen LogP contribution >= 0.6 is 0 Å². The van der Waals surface area contributed by atoms with Gasteiger partial charge in [0.05, 0.1) is 11.4 Å². The Hall–Kier alpha value is -1.88. The van der Waals surface area contributed by atoms with Crippen LogP contribution in [0.2, 0.25) is 0 Å². The van der Waals surface area contributed by atoms with Gasteiger partial charge in [0.2, 0.25) is 0 Å². The molecule has 4 nitrogen and oxygen atoms in total. The maximum absolute atomic E-state index is 14.3. The third-order valence-electron chi connectivity index (χ3n) is 3.63. The lowest BCUT2D eigenvalue weighted by atomic mass is 10.1. The van der Waals surface area contributed by atoms with Crippen LogP contribution in [0.4, 0.5) is 4.39 Å². The molecule has 106 valence electrons. The van der Waals surface area contributed by atoms with Crippen LogP contribution in [0, 0.1) is 6.92 Å². The Bertz CT molecular complexity index is 576. The minimum atomic E-state index is -0.134. The molecule has 0 saturated carbocycles. The Morgan fingerprint density at radius 1 is 1.25 bits per heavy atom. The molecule has 0 amide bonds. The molecule has 1 fully saturated rings. The molecule has 0 spiro atoms. The number of nitrogens with one attached hydrogen (secondary N) is 2. The summed E-state index contributed by atoms with van der Waals surface area (Å²) in [7, 11) is 0. The molecule has 2 aliphatic rings. The highest BCUT2D eigenvalue weighted by Crippen LogP contribution is 2.27. The number of hydrogen-bond acceptors (Lipinski definition) is 3. The van der Waals surface area contributed by atoms with E-state index in [9.17, 15) is 4.39 Å². The predicted molar refractivity (Wildman–Crippen MR) is 77.6 cm³/mol. The lowest BCUT2D eigenvalue weighted by Crippen LogP contribution is -2.43. The van der Waals surface area contributed by atoms with Gasteiger partial charge in [-0.2, -0.15) is 5.10 Å². The summed E-state index contributed by atoms with van der Waals surface area (Å²) in [5.41, 5.74) is 3.54. The number of aromatic nitrogens is 2. The van der Waals surface area contributed by atoms with Crippen molar-refractivity contribution in [2.24, 2.45) is 0 Å². The summed E-state index contributed by atoms with van der Waals surface area (Å²) in [4.78, 5) is 2.10. The van der Waals surface area contributed by atoms with Crippen LogP contribution in [0.15, 0.2) is 35.8 Å². The fourth-order valence-electron chi connectivity index (χ4n) is 2.56. The zero-order chi connectivity index (χ0) is 13.9. The van der Waals surface area contributed by atoms with Gasteiger partial charge in [0.1, 0.15) is 5.83 Å². The zero-order valence-electron chi connectivity index (χ0n) is 11.6. The second-order valence-corrected chi connectivity index (χ2v) is 5.15. The number of nitrogens with zero attached hydrogens (tertiary/aromatic N) is 2. The molecule has 1 aliphatic carbocycles. The molecule has 0 unspecified atom stereocenters. The molecule has 3 rings (SSSR count). The first kappa shape index (κ1) is 13.1. The van der Waals surface area contributed by atoms with Crippen LogP contribution in [0.5, 0.6) is 0 Å². The van der Waals surface area contributed by atoms with E-state index in [2.05, 4.69) is 20.4 Å². The van der Waals surface area contributed by atoms with Crippen molar-refractivity contribution in [1.82, 2.24) is 20.4 Å². The van der Waals surface area contributed by atoms with Crippen molar-refractivity contribution >= 4 is 5.57 Å². The fourth-order valence-corrected chi connectivity index (χ4v) is 2.56. The number of aromatic amines is 1. The molecule has 0 aromatic carbocycles. The summed E-state index contributed by atoms with van der Waals surface area (Å²) in [5.74, 6) is -0.134. The number of hydrogen-bond donors (Lipinski definition) is 2. The molecule has 2 heterocycles. The molecular formula is C15H19FN4. The van der Waals surface area contributed by atoms with E-state index in [0.29, 0.717) is 12.1 Å². The Balaban J connectivity index is 1.92. The minimum Gasteiger partial charge on any atom is -0.367 e. The van der Waals surface area contributed by atoms with Crippen LogP contribution < -0.4 is 5.32 Å². The molecule has 0 bridgehead atoms. The highest BCUT2D eigenvalue weighted by Gasteiger charge is 2.19. The van der Waals surface area contributed by atoms with Gasteiger partial charge in [-0.05, 0) is 31.6 Å². The Kier molecular flexibility index (Phi) is 3.69. The normalized spacial score (nSPS) is 20.1. The highest BCUT2D eigenvalue weighted by molar-refractivity contribution is 5.74. The summed E-state index contributed by atoms with van der Waals surface area (Å²) in [6.45, 7) is 5.42. The lowest BCUT2D eigenvalue weighted by molar-refractivity contribution is 0.294. The van der Waals surface area contributed by atoms with E-state index >= 15 is 0 Å². The van der Waals surface area contributed by atoms with Gasteiger partial charge in [-0.15, -0.1) is 0 Å². The molecule has 0 atom stereocenters. The topological polar surface area (TPSA) is 44.0 Å². The molecule has 1 aromatic rings. The maximum Gasteiger partial charge on any atom is 0.142 e. The number of piperazine rings is 1. The SMILES string of the molecule is Cc1cc(C2=CCC=C(F)C(N3CCNCC3)=C2)n[nH]1. The smallest absolute Gasteiger partial charge is 0.142 e. The van der Waals surface area contributed by atoms with Crippen LogP contribution in [-0.4, -0.2) is 41.3 Å². The molecule has 5 heteroatoms. The standard InChI is InChI=1S/C15H19FN4/c1-11-9-14(19-18-11)12-3-2-4-13(16)15(10-12)20-7-5-17-6-8-20/h3-4,9-10,17H,2,5-8H2,1H3,(H,18,19). The quantitative estimate of drug-likeness (QED) is 0.868. The van der Waals surface area contributed by atoms with Crippen LogP contribution in [-0.2, 0) is 0 Å². The number of aryl methyl sites for hydroxylation is 1. The van der Waals surface area contributed by atoms with E-state index in [0.717, 1.165) is 43.1 Å². The third-order valence-corrected chi connectivity index (χ3v) is 3.63. The minimum absolute atomic E-state index is 0.134. The largest absolute Gasteiger partial charge is 0.367 e. The Labute approximate surface area is 118 Å². The maximum atomic E-state index is 14.3. The average molecular weight is 274 g/mol. The summed E-state index contributed by atoms with van der Waals surface area (Å²) < 4.78 is 14.3. The second-order valence-electron chi connectivity index (χ2n) is 5.15. The second kappa shape index (κ2) is 5.63. The highest BCUT2D eigenvalue weighted by atomic mass is 19.1. The number of H-pyrrole nitrogens is 1. The summed E-state index contributed by atoms with van der Waals surface area (Å²) in [6.07, 6.45) is 6.17. The molecular weight excluding hydrogens is 255 g/mol. The van der Waals surface area contributed by atoms with Crippen molar-refractivity contribution < 1.29 is 4.39 Å². The van der Waals surface area contributed by atoms with Gasteiger partial charge in [-0.25, -0.2) is 4.39 Å². The first-order valence-corrected chi connectivity index (χ1v) is 7.00. The summed E-state index contributed by atoms with van der Waals surface area (Å²) in [6, 6.07) is 1.99. The van der Waals surface area contributed by atoms with E-state index in [1.54, 1.807) is 6.08 Å². The fraction of sp³-hybridized carbons (Fsp3) is 0.400. The molecule has 1 aliphatic heterocycles. The van der Waals surface area contributed by atoms with E-state index in [1.807, 2.05) is 25.1 Å². The summed E-state index contributed by atoms with van der Waals surface area (Å²) in [5, 5.41) is 10.5. The van der Waals surface area contributed by atoms with Crippen molar-refractivity contribution in [3.05, 3.63) is 47.2 Å². The number of rotatable bonds is 2. The number of halogens is 1. The summed E-state index contributed by atoms with van der Waals surface area (Å²) >= 11 is 0. The van der Waals surface area contributed by atoms with E-state index in [1.165, 1.54) is 0 Å². The zero-order valence-corrected chi connectivity index (χ0v) is 11.6. The lowest BCUT2D eigenvalue weighted by Gasteiger charge is -2.30. The van der Waals surface area contributed by atoms with E-state index in [4.69, 9.17) is 0 Å². The van der Waals surface area contributed by atoms with Gasteiger partial charge >= 0.3 is 0 Å². The Morgan fingerprint density at radius 3 is 2.75 bits per heavy atom.